The lowest BCUT2D eigenvalue weighted by molar-refractivity contribution is -0.872. The molecule has 172 valence electrons. The first-order valence-corrected chi connectivity index (χ1v) is 12.3. The smallest absolute Gasteiger partial charge is 0.305 e. The van der Waals surface area contributed by atoms with Crippen LogP contribution < -0.4 is 4.72 Å². The summed E-state index contributed by atoms with van der Waals surface area (Å²) in [7, 11) is 3.29. The molecular weight excluding hydrogens is 402 g/mol. The van der Waals surface area contributed by atoms with Crippen molar-refractivity contribution in [3.8, 4) is 0 Å². The summed E-state index contributed by atoms with van der Waals surface area (Å²) in [4.78, 5) is 11.2. The van der Waals surface area contributed by atoms with Crippen LogP contribution in [0.4, 0.5) is 5.69 Å². The quantitative estimate of drug-likeness (QED) is 0.320. The Balaban J connectivity index is 2.69. The fourth-order valence-corrected chi connectivity index (χ4v) is 4.52. The lowest BCUT2D eigenvalue weighted by Crippen LogP contribution is -2.51. The molecule has 0 aliphatic carbocycles. The van der Waals surface area contributed by atoms with Crippen LogP contribution in [0.5, 0.6) is 0 Å². The molecule has 30 heavy (non-hydrogen) atoms. The number of nitrogens with one attached hydrogen (secondary N) is 1. The van der Waals surface area contributed by atoms with E-state index >= 15 is 0 Å². The largest absolute Gasteiger partial charge is 0.481 e. The van der Waals surface area contributed by atoms with Gasteiger partial charge in [-0.05, 0) is 30.5 Å². The highest BCUT2D eigenvalue weighted by molar-refractivity contribution is 7.90. The molecule has 0 radical (unpaired) electrons. The van der Waals surface area contributed by atoms with E-state index in [1.807, 2.05) is 33.3 Å². The number of hydrogen-bond acceptors (Lipinski definition) is 3. The first-order valence-electron chi connectivity index (χ1n) is 10.8. The van der Waals surface area contributed by atoms with E-state index in [1.165, 1.54) is 44.7 Å². The average molecular weight is 443 g/mol. The molecule has 1 rings (SSSR count). The number of rotatable bonds is 15. The van der Waals surface area contributed by atoms with Gasteiger partial charge in [0.25, 0.3) is 0 Å². The summed E-state index contributed by atoms with van der Waals surface area (Å²) >= 11 is 0. The maximum atomic E-state index is 12.8. The van der Waals surface area contributed by atoms with Crippen LogP contribution >= 0.6 is 0 Å². The number of aliphatic carboxylic acids is 1. The zero-order valence-electron chi connectivity index (χ0n) is 19.2. The van der Waals surface area contributed by atoms with Crippen LogP contribution in [-0.2, 0) is 21.4 Å². The van der Waals surface area contributed by atoms with Crippen LogP contribution in [0.15, 0.2) is 24.3 Å². The Morgan fingerprint density at radius 2 is 1.63 bits per heavy atom. The van der Waals surface area contributed by atoms with E-state index in [0.29, 0.717) is 16.7 Å². The van der Waals surface area contributed by atoms with Gasteiger partial charge in [-0.15, -0.1) is 0 Å². The summed E-state index contributed by atoms with van der Waals surface area (Å²) in [6.07, 6.45) is 8.21. The van der Waals surface area contributed by atoms with Crippen molar-refractivity contribution < 1.29 is 22.8 Å². The zero-order valence-corrected chi connectivity index (χ0v) is 20.0. The van der Waals surface area contributed by atoms with E-state index in [-0.39, 0.29) is 6.42 Å². The Kier molecular flexibility index (Phi) is 10.8. The lowest BCUT2D eigenvalue weighted by atomic mass is 10.0. The Labute approximate surface area is 182 Å². The van der Waals surface area contributed by atoms with E-state index in [2.05, 4.69) is 11.6 Å². The summed E-state index contributed by atoms with van der Waals surface area (Å²) in [6.45, 7) is 2.60. The third-order valence-electron chi connectivity index (χ3n) is 5.08. The van der Waals surface area contributed by atoms with Gasteiger partial charge in [0.05, 0.1) is 40.2 Å². The highest BCUT2D eigenvalue weighted by atomic mass is 32.2. The molecule has 0 aliphatic rings. The predicted octanol–water partition coefficient (Wildman–Crippen LogP) is 3.73. The number of carboxylic acids is 1. The third-order valence-corrected chi connectivity index (χ3v) is 6.63. The second kappa shape index (κ2) is 12.3. The maximum Gasteiger partial charge on any atom is 0.305 e. The fourth-order valence-electron chi connectivity index (χ4n) is 3.41. The second-order valence-electron chi connectivity index (χ2n) is 9.06. The third kappa shape index (κ3) is 10.4. The highest BCUT2D eigenvalue weighted by Crippen LogP contribution is 2.18. The Morgan fingerprint density at radius 1 is 1.07 bits per heavy atom. The SMILES string of the molecule is CCCCCCCCc1ccc(NS(=O)(=O)N(C)[C@@H](CC(=O)O)C[N+](C)(C)C)cc1. The molecule has 0 fully saturated rings. The minimum absolute atomic E-state index is 0.246. The Bertz CT molecular complexity index is 743. The number of carbonyl (C=O) groups is 1. The number of unbranched alkanes of at least 4 members (excludes halogenated alkanes) is 5. The van der Waals surface area contributed by atoms with E-state index in [4.69, 9.17) is 0 Å². The van der Waals surface area contributed by atoms with Crippen LogP contribution in [0.1, 0.15) is 57.4 Å². The van der Waals surface area contributed by atoms with Gasteiger partial charge in [-0.2, -0.15) is 12.7 Å². The molecule has 0 bridgehead atoms. The van der Waals surface area contributed by atoms with Crippen LogP contribution in [0.3, 0.4) is 0 Å². The number of aryl methyl sites for hydroxylation is 1. The zero-order chi connectivity index (χ0) is 22.8. The van der Waals surface area contributed by atoms with Crippen molar-refractivity contribution in [2.24, 2.45) is 0 Å². The van der Waals surface area contributed by atoms with Crippen molar-refractivity contribution in [2.45, 2.75) is 64.3 Å². The van der Waals surface area contributed by atoms with Crippen molar-refractivity contribution in [3.63, 3.8) is 0 Å². The molecule has 1 atom stereocenters. The molecule has 8 heteroatoms. The molecule has 0 amide bonds. The van der Waals surface area contributed by atoms with Crippen LogP contribution in [0, 0.1) is 0 Å². The van der Waals surface area contributed by atoms with Crippen molar-refractivity contribution in [2.75, 3.05) is 39.5 Å². The van der Waals surface area contributed by atoms with Crippen molar-refractivity contribution >= 4 is 21.9 Å². The first kappa shape index (κ1) is 26.4. The second-order valence-corrected chi connectivity index (χ2v) is 10.8. The van der Waals surface area contributed by atoms with Crippen molar-refractivity contribution in [3.05, 3.63) is 29.8 Å². The predicted molar refractivity (Wildman–Crippen MR) is 123 cm³/mol. The van der Waals surface area contributed by atoms with Gasteiger partial charge in [0, 0.05) is 12.7 Å². The van der Waals surface area contributed by atoms with Crippen LogP contribution in [0.2, 0.25) is 0 Å². The van der Waals surface area contributed by atoms with Crippen LogP contribution in [-0.4, -0.2) is 69.1 Å². The van der Waals surface area contributed by atoms with Crippen molar-refractivity contribution in [1.29, 1.82) is 0 Å². The number of anilines is 1. The number of benzene rings is 1. The van der Waals surface area contributed by atoms with E-state index < -0.39 is 22.2 Å². The summed E-state index contributed by atoms with van der Waals surface area (Å²) in [5, 5.41) is 9.20. The molecule has 0 heterocycles. The molecule has 0 aliphatic heterocycles. The molecule has 0 aromatic heterocycles. The highest BCUT2D eigenvalue weighted by Gasteiger charge is 2.32. The van der Waals surface area contributed by atoms with Gasteiger partial charge in [0.2, 0.25) is 0 Å². The van der Waals surface area contributed by atoms with E-state index in [0.717, 1.165) is 17.1 Å². The van der Waals surface area contributed by atoms with Gasteiger partial charge < -0.3 is 9.59 Å². The molecule has 1 aromatic rings. The molecule has 7 nitrogen and oxygen atoms in total. The van der Waals surface area contributed by atoms with Gasteiger partial charge in [-0.3, -0.25) is 9.52 Å². The molecule has 0 saturated heterocycles. The topological polar surface area (TPSA) is 86.7 Å². The minimum atomic E-state index is -3.86. The van der Waals surface area contributed by atoms with Gasteiger partial charge in [0.15, 0.2) is 0 Å². The first-order chi connectivity index (χ1) is 13.9. The molecule has 1 aromatic carbocycles. The van der Waals surface area contributed by atoms with Gasteiger partial charge >= 0.3 is 16.2 Å². The number of likely N-dealkylation sites (N-methyl/N-ethyl adjacent to an activating group) is 2. The van der Waals surface area contributed by atoms with Gasteiger partial charge in [-0.25, -0.2) is 0 Å². The van der Waals surface area contributed by atoms with Crippen molar-refractivity contribution in [1.82, 2.24) is 4.31 Å². The lowest BCUT2D eigenvalue weighted by Gasteiger charge is -2.33. The number of quaternary nitrogens is 1. The normalized spacial score (nSPS) is 13.4. The van der Waals surface area contributed by atoms with Crippen LogP contribution in [0.25, 0.3) is 0 Å². The molecule has 0 saturated carbocycles. The summed E-state index contributed by atoms with van der Waals surface area (Å²) in [6, 6.07) is 6.79. The maximum absolute atomic E-state index is 12.8. The Hall–Kier alpha value is -1.64. The van der Waals surface area contributed by atoms with Gasteiger partial charge in [-0.1, -0.05) is 51.2 Å². The molecule has 2 N–H and O–H groups in total. The Morgan fingerprint density at radius 3 is 2.17 bits per heavy atom. The van der Waals surface area contributed by atoms with E-state index in [1.54, 1.807) is 12.1 Å². The minimum Gasteiger partial charge on any atom is -0.481 e. The standard InChI is InChI=1S/C22H39N3O4S/c1-6-7-8-9-10-11-12-19-13-15-20(16-14-19)23-30(28,29)24(2)21(17-22(26)27)18-25(3,4)5/h13-16,21,23H,6-12,17-18H2,1-5H3/p+1/t21-/m0/s1. The number of carboxylic acid groups (broad SMARTS) is 1. The molecule has 0 spiro atoms. The monoisotopic (exact) mass is 442 g/mol. The van der Waals surface area contributed by atoms with E-state index in [9.17, 15) is 18.3 Å². The number of nitrogens with zero attached hydrogens (tertiary/aromatic N) is 2. The summed E-state index contributed by atoms with van der Waals surface area (Å²) in [5.74, 6) is -1.02. The summed E-state index contributed by atoms with van der Waals surface area (Å²) in [5.41, 5.74) is 1.67. The summed E-state index contributed by atoms with van der Waals surface area (Å²) < 4.78 is 29.8. The molecule has 0 unspecified atom stereocenters. The molecular formula is C22H40N3O4S+. The average Bonchev–Trinajstić information content (AvgIpc) is 2.63. The fraction of sp³-hybridized carbons (Fsp3) is 0.682. The number of hydrogen-bond donors (Lipinski definition) is 2. The van der Waals surface area contributed by atoms with Gasteiger partial charge in [0.1, 0.15) is 0 Å².